The summed E-state index contributed by atoms with van der Waals surface area (Å²) in [6.07, 6.45) is 0. The molecule has 0 bridgehead atoms. The molecule has 2 radical (unpaired) electrons. The Morgan fingerprint density at radius 3 is 2.50 bits per heavy atom. The summed E-state index contributed by atoms with van der Waals surface area (Å²) in [4.78, 5) is 0. The van der Waals surface area contributed by atoms with E-state index in [-0.39, 0.29) is 0 Å². The van der Waals surface area contributed by atoms with Crippen LogP contribution in [0.4, 0.5) is 0 Å². The Labute approximate surface area is 82.8 Å². The lowest BCUT2D eigenvalue weighted by Gasteiger charge is -2.00. The van der Waals surface area contributed by atoms with Crippen LogP contribution < -0.4 is 0 Å². The summed E-state index contributed by atoms with van der Waals surface area (Å²) in [5.74, 6) is 0. The predicted molar refractivity (Wildman–Crippen MR) is 59.1 cm³/mol. The minimum absolute atomic E-state index is 1.16. The summed E-state index contributed by atoms with van der Waals surface area (Å²) >= 11 is 0. The van der Waals surface area contributed by atoms with Crippen LogP contribution in [0.3, 0.4) is 0 Å². The van der Waals surface area contributed by atoms with Crippen LogP contribution in [0.2, 0.25) is 0 Å². The van der Waals surface area contributed by atoms with Crippen molar-refractivity contribution >= 4 is 21.5 Å². The van der Waals surface area contributed by atoms with E-state index in [2.05, 4.69) is 48.5 Å². The quantitative estimate of drug-likeness (QED) is 0.459. The van der Waals surface area contributed by atoms with Crippen LogP contribution in [0, 0.1) is 12.1 Å². The second-order valence-electron chi connectivity index (χ2n) is 3.39. The molecule has 0 atom stereocenters. The molecule has 0 spiro atoms. The van der Waals surface area contributed by atoms with Crippen LogP contribution in [0.15, 0.2) is 48.5 Å². The maximum atomic E-state index is 3.19. The van der Waals surface area contributed by atoms with Crippen LogP contribution in [0.5, 0.6) is 0 Å². The van der Waals surface area contributed by atoms with Crippen molar-refractivity contribution in [3.8, 4) is 0 Å². The van der Waals surface area contributed by atoms with Gasteiger partial charge in [0, 0.05) is 0 Å². The number of benzene rings is 3. The average Bonchev–Trinajstić information content (AvgIpc) is 2.26. The van der Waals surface area contributed by atoms with E-state index < -0.39 is 0 Å². The molecule has 0 unspecified atom stereocenters. The van der Waals surface area contributed by atoms with Gasteiger partial charge in [-0.1, -0.05) is 24.3 Å². The van der Waals surface area contributed by atoms with Gasteiger partial charge in [-0.3, -0.25) is 0 Å². The molecule has 3 rings (SSSR count). The van der Waals surface area contributed by atoms with Gasteiger partial charge in [0.15, 0.2) is 0 Å². The summed E-state index contributed by atoms with van der Waals surface area (Å²) in [7, 11) is 0. The number of hydrogen-bond donors (Lipinski definition) is 0. The molecule has 0 aliphatic rings. The minimum atomic E-state index is 1.16. The zero-order valence-corrected chi connectivity index (χ0v) is 7.62. The lowest BCUT2D eigenvalue weighted by atomic mass is 10.0. The maximum Gasteiger partial charge on any atom is -0.00926 e. The molecule has 14 heavy (non-hydrogen) atoms. The Morgan fingerprint density at radius 2 is 1.64 bits per heavy atom. The molecular formula is C14H8. The van der Waals surface area contributed by atoms with E-state index in [4.69, 9.17) is 0 Å². The van der Waals surface area contributed by atoms with Gasteiger partial charge >= 0.3 is 0 Å². The zero-order chi connectivity index (χ0) is 9.38. The first-order chi connectivity index (χ1) is 6.93. The Morgan fingerprint density at radius 1 is 0.857 bits per heavy atom. The lowest BCUT2D eigenvalue weighted by molar-refractivity contribution is 1.74. The van der Waals surface area contributed by atoms with Crippen molar-refractivity contribution in [3.05, 3.63) is 60.7 Å². The summed E-state index contributed by atoms with van der Waals surface area (Å²) in [5.41, 5.74) is 0. The summed E-state index contributed by atoms with van der Waals surface area (Å²) in [5, 5.41) is 4.89. The SMILES string of the molecule is [c]1c[c]c2cc3ccccc3cc2c1. The van der Waals surface area contributed by atoms with Crippen LogP contribution >= 0.6 is 0 Å². The third kappa shape index (κ3) is 1.08. The lowest BCUT2D eigenvalue weighted by Crippen LogP contribution is -1.75. The molecule has 0 N–H and O–H groups in total. The van der Waals surface area contributed by atoms with Crippen molar-refractivity contribution in [3.63, 3.8) is 0 Å². The van der Waals surface area contributed by atoms with Gasteiger partial charge < -0.3 is 0 Å². The molecule has 64 valence electrons. The molecule has 0 aliphatic carbocycles. The van der Waals surface area contributed by atoms with E-state index in [1.165, 1.54) is 16.2 Å². The molecule has 0 saturated carbocycles. The highest BCUT2D eigenvalue weighted by Crippen LogP contribution is 2.21. The van der Waals surface area contributed by atoms with E-state index in [9.17, 15) is 0 Å². The van der Waals surface area contributed by atoms with Crippen molar-refractivity contribution in [2.45, 2.75) is 0 Å². The van der Waals surface area contributed by atoms with Crippen LogP contribution in [-0.4, -0.2) is 0 Å². The fourth-order valence-electron chi connectivity index (χ4n) is 1.75. The first-order valence-electron chi connectivity index (χ1n) is 4.64. The largest absolute Gasteiger partial charge is 0.0616 e. The van der Waals surface area contributed by atoms with Gasteiger partial charge in [0.25, 0.3) is 0 Å². The van der Waals surface area contributed by atoms with E-state index in [1.54, 1.807) is 0 Å². The molecule has 0 aromatic heterocycles. The molecule has 0 heterocycles. The van der Waals surface area contributed by atoms with E-state index in [1.807, 2.05) is 12.1 Å². The Balaban J connectivity index is 2.52. The monoisotopic (exact) mass is 176 g/mol. The molecule has 0 nitrogen and oxygen atoms in total. The Hall–Kier alpha value is -1.82. The third-order valence-electron chi connectivity index (χ3n) is 2.47. The fraction of sp³-hybridized carbons (Fsp3) is 0. The van der Waals surface area contributed by atoms with Gasteiger partial charge in [0.05, 0.1) is 0 Å². The van der Waals surface area contributed by atoms with Gasteiger partial charge in [0.2, 0.25) is 0 Å². The van der Waals surface area contributed by atoms with Crippen molar-refractivity contribution in [1.29, 1.82) is 0 Å². The Bertz CT molecular complexity index is 489. The Kier molecular flexibility index (Phi) is 1.54. The first kappa shape index (κ1) is 7.57. The molecule has 0 heteroatoms. The smallest absolute Gasteiger partial charge is 0.00926 e. The van der Waals surface area contributed by atoms with Crippen LogP contribution in [0.1, 0.15) is 0 Å². The highest BCUT2D eigenvalue weighted by atomic mass is 14.0. The van der Waals surface area contributed by atoms with Gasteiger partial charge in [-0.25, -0.2) is 0 Å². The molecule has 3 aromatic carbocycles. The second kappa shape index (κ2) is 2.85. The predicted octanol–water partition coefficient (Wildman–Crippen LogP) is 3.59. The van der Waals surface area contributed by atoms with Crippen molar-refractivity contribution in [2.24, 2.45) is 0 Å². The highest BCUT2D eigenvalue weighted by molar-refractivity contribution is 5.97. The van der Waals surface area contributed by atoms with Crippen molar-refractivity contribution in [1.82, 2.24) is 0 Å². The highest BCUT2D eigenvalue weighted by Gasteiger charge is 1.95. The van der Waals surface area contributed by atoms with Gasteiger partial charge in [-0.2, -0.15) is 0 Å². The summed E-state index contributed by atoms with van der Waals surface area (Å²) in [6, 6.07) is 22.8. The van der Waals surface area contributed by atoms with Crippen molar-refractivity contribution < 1.29 is 0 Å². The number of hydrogen-bond acceptors (Lipinski definition) is 0. The van der Waals surface area contributed by atoms with E-state index in [0.29, 0.717) is 0 Å². The number of rotatable bonds is 0. The van der Waals surface area contributed by atoms with Crippen molar-refractivity contribution in [2.75, 3.05) is 0 Å². The van der Waals surface area contributed by atoms with E-state index >= 15 is 0 Å². The fourth-order valence-corrected chi connectivity index (χ4v) is 1.75. The van der Waals surface area contributed by atoms with Gasteiger partial charge in [0.1, 0.15) is 0 Å². The minimum Gasteiger partial charge on any atom is -0.0616 e. The van der Waals surface area contributed by atoms with Crippen LogP contribution in [0.25, 0.3) is 21.5 Å². The summed E-state index contributed by atoms with van der Waals surface area (Å²) in [6.45, 7) is 0. The molecule has 0 amide bonds. The molecular weight excluding hydrogens is 168 g/mol. The topological polar surface area (TPSA) is 0 Å². The second-order valence-corrected chi connectivity index (χ2v) is 3.39. The normalized spacial score (nSPS) is 10.9. The molecule has 0 aliphatic heterocycles. The van der Waals surface area contributed by atoms with Gasteiger partial charge in [-0.05, 0) is 57.9 Å². The summed E-state index contributed by atoms with van der Waals surface area (Å²) < 4.78 is 0. The molecule has 0 saturated heterocycles. The zero-order valence-electron chi connectivity index (χ0n) is 7.62. The molecule has 3 aromatic rings. The standard InChI is InChI=1S/C14H8/c1-2-6-12-10-14-8-4-3-7-13(14)9-11(12)5-1/h1-3,5-6,8-10H. The first-order valence-corrected chi connectivity index (χ1v) is 4.64. The van der Waals surface area contributed by atoms with Gasteiger partial charge in [-0.15, -0.1) is 0 Å². The average molecular weight is 176 g/mol. The molecule has 0 fully saturated rings. The maximum absolute atomic E-state index is 3.19. The number of fused-ring (bicyclic) bond motifs is 2. The van der Waals surface area contributed by atoms with Crippen LogP contribution in [-0.2, 0) is 0 Å². The van der Waals surface area contributed by atoms with E-state index in [0.717, 1.165) is 5.39 Å². The third-order valence-corrected chi connectivity index (χ3v) is 2.47.